The fourth-order valence-electron chi connectivity index (χ4n) is 2.99. The van der Waals surface area contributed by atoms with Gasteiger partial charge in [0.25, 0.3) is 5.91 Å². The Morgan fingerprint density at radius 3 is 2.61 bits per heavy atom. The minimum atomic E-state index is -0.781. The third-order valence-corrected chi connectivity index (χ3v) is 4.12. The third-order valence-electron chi connectivity index (χ3n) is 4.12. The SMILES string of the molecule is CC[C@H]1C(c2ccccc2)=NO[C@@H]1C(=O)N1CC(C)(C)OC1=O. The van der Waals surface area contributed by atoms with Gasteiger partial charge in [0.15, 0.2) is 0 Å². The van der Waals surface area contributed by atoms with E-state index in [2.05, 4.69) is 5.16 Å². The lowest BCUT2D eigenvalue weighted by molar-refractivity contribution is -0.140. The number of nitrogens with zero attached hydrogens (tertiary/aromatic N) is 2. The number of ether oxygens (including phenoxy) is 1. The second-order valence-electron chi connectivity index (χ2n) is 6.44. The van der Waals surface area contributed by atoms with Gasteiger partial charge < -0.3 is 9.57 Å². The van der Waals surface area contributed by atoms with Crippen molar-refractivity contribution < 1.29 is 19.2 Å². The summed E-state index contributed by atoms with van der Waals surface area (Å²) in [6.07, 6.45) is -0.709. The number of carbonyl (C=O) groups is 2. The second kappa shape index (κ2) is 5.68. The van der Waals surface area contributed by atoms with Crippen LogP contribution in [0.5, 0.6) is 0 Å². The van der Waals surface area contributed by atoms with Crippen LogP contribution >= 0.6 is 0 Å². The first-order chi connectivity index (χ1) is 10.9. The molecule has 0 radical (unpaired) electrons. The molecule has 2 amide bonds. The lowest BCUT2D eigenvalue weighted by Gasteiger charge is -2.20. The molecule has 0 aliphatic carbocycles. The lowest BCUT2D eigenvalue weighted by Crippen LogP contribution is -2.44. The summed E-state index contributed by atoms with van der Waals surface area (Å²) in [6.45, 7) is 5.75. The van der Waals surface area contributed by atoms with Crippen LogP contribution in [0.15, 0.2) is 35.5 Å². The van der Waals surface area contributed by atoms with Crippen molar-refractivity contribution in [3.63, 3.8) is 0 Å². The van der Waals surface area contributed by atoms with E-state index in [1.165, 1.54) is 0 Å². The monoisotopic (exact) mass is 316 g/mol. The zero-order valence-corrected chi connectivity index (χ0v) is 13.5. The minimum absolute atomic E-state index is 0.179. The number of hydrogen-bond acceptors (Lipinski definition) is 5. The highest BCUT2D eigenvalue weighted by Crippen LogP contribution is 2.30. The van der Waals surface area contributed by atoms with Gasteiger partial charge in [-0.25, -0.2) is 9.69 Å². The molecule has 6 nitrogen and oxygen atoms in total. The molecule has 1 saturated heterocycles. The number of oxime groups is 1. The summed E-state index contributed by atoms with van der Waals surface area (Å²) < 4.78 is 5.20. The van der Waals surface area contributed by atoms with Crippen LogP contribution in [0, 0.1) is 5.92 Å². The van der Waals surface area contributed by atoms with E-state index in [0.717, 1.165) is 16.2 Å². The van der Waals surface area contributed by atoms with E-state index in [9.17, 15) is 9.59 Å². The Kier molecular flexibility index (Phi) is 3.83. The average molecular weight is 316 g/mol. The van der Waals surface area contributed by atoms with Crippen molar-refractivity contribution in [3.05, 3.63) is 35.9 Å². The van der Waals surface area contributed by atoms with Gasteiger partial charge in [-0.3, -0.25) is 4.79 Å². The van der Waals surface area contributed by atoms with E-state index in [1.54, 1.807) is 13.8 Å². The molecular weight excluding hydrogens is 296 g/mol. The lowest BCUT2D eigenvalue weighted by atomic mass is 9.89. The molecule has 3 rings (SSSR count). The normalized spacial score (nSPS) is 25.8. The van der Waals surface area contributed by atoms with Crippen LogP contribution in [0.1, 0.15) is 32.8 Å². The Morgan fingerprint density at radius 1 is 1.35 bits per heavy atom. The number of imide groups is 1. The highest BCUT2D eigenvalue weighted by Gasteiger charge is 2.48. The maximum absolute atomic E-state index is 12.7. The molecule has 0 saturated carbocycles. The van der Waals surface area contributed by atoms with E-state index in [1.807, 2.05) is 37.3 Å². The first-order valence-corrected chi connectivity index (χ1v) is 7.76. The number of rotatable bonds is 3. The molecule has 122 valence electrons. The van der Waals surface area contributed by atoms with Gasteiger partial charge in [-0.1, -0.05) is 42.4 Å². The number of benzene rings is 1. The van der Waals surface area contributed by atoms with Crippen LogP contribution in [-0.2, 0) is 14.4 Å². The molecule has 0 aromatic heterocycles. The predicted molar refractivity (Wildman–Crippen MR) is 83.9 cm³/mol. The van der Waals surface area contributed by atoms with Gasteiger partial charge >= 0.3 is 6.09 Å². The minimum Gasteiger partial charge on any atom is -0.441 e. The van der Waals surface area contributed by atoms with Crippen LogP contribution in [0.4, 0.5) is 4.79 Å². The van der Waals surface area contributed by atoms with E-state index < -0.39 is 17.8 Å². The van der Waals surface area contributed by atoms with Crippen molar-refractivity contribution in [3.8, 4) is 0 Å². The van der Waals surface area contributed by atoms with Crippen molar-refractivity contribution >= 4 is 17.7 Å². The summed E-state index contributed by atoms with van der Waals surface area (Å²) in [4.78, 5) is 31.2. The van der Waals surface area contributed by atoms with Crippen molar-refractivity contribution in [2.45, 2.75) is 38.9 Å². The zero-order valence-electron chi connectivity index (χ0n) is 13.5. The average Bonchev–Trinajstić information content (AvgIpc) is 3.07. The topological polar surface area (TPSA) is 68.2 Å². The van der Waals surface area contributed by atoms with E-state index >= 15 is 0 Å². The molecule has 0 bridgehead atoms. The summed E-state index contributed by atoms with van der Waals surface area (Å²) in [5.41, 5.74) is 1.01. The number of cyclic esters (lactones) is 1. The molecule has 1 fully saturated rings. The first-order valence-electron chi connectivity index (χ1n) is 7.76. The molecule has 2 aliphatic rings. The molecule has 0 N–H and O–H groups in total. The molecular formula is C17H20N2O4. The highest BCUT2D eigenvalue weighted by molar-refractivity contribution is 6.07. The van der Waals surface area contributed by atoms with Crippen LogP contribution in [0.2, 0.25) is 0 Å². The Labute approximate surface area is 135 Å². The summed E-state index contributed by atoms with van der Waals surface area (Å²) in [5, 5.41) is 4.11. The summed E-state index contributed by atoms with van der Waals surface area (Å²) in [7, 11) is 0. The quantitative estimate of drug-likeness (QED) is 0.859. The maximum Gasteiger partial charge on any atom is 0.417 e. The van der Waals surface area contributed by atoms with Gasteiger partial charge in [0.05, 0.1) is 18.2 Å². The van der Waals surface area contributed by atoms with Crippen LogP contribution in [0.25, 0.3) is 0 Å². The Morgan fingerprint density at radius 2 is 2.04 bits per heavy atom. The molecule has 0 unspecified atom stereocenters. The Bertz CT molecular complexity index is 654. The second-order valence-corrected chi connectivity index (χ2v) is 6.44. The molecule has 6 heteroatoms. The molecule has 0 spiro atoms. The maximum atomic E-state index is 12.7. The molecule has 2 heterocycles. The number of carbonyl (C=O) groups excluding carboxylic acids is 2. The van der Waals surface area contributed by atoms with Gasteiger partial charge in [-0.2, -0.15) is 0 Å². The Hall–Kier alpha value is -2.37. The van der Waals surface area contributed by atoms with Gasteiger partial charge in [-0.15, -0.1) is 0 Å². The van der Waals surface area contributed by atoms with E-state index in [-0.39, 0.29) is 18.4 Å². The van der Waals surface area contributed by atoms with Gasteiger partial charge in [0.2, 0.25) is 6.10 Å². The molecule has 2 aliphatic heterocycles. The summed E-state index contributed by atoms with van der Waals surface area (Å²) >= 11 is 0. The van der Waals surface area contributed by atoms with Crippen molar-refractivity contribution in [1.82, 2.24) is 4.90 Å². The van der Waals surface area contributed by atoms with Crippen LogP contribution in [-0.4, -0.2) is 40.9 Å². The van der Waals surface area contributed by atoms with Crippen molar-refractivity contribution in [1.29, 1.82) is 0 Å². The smallest absolute Gasteiger partial charge is 0.417 e. The zero-order chi connectivity index (χ0) is 16.6. The molecule has 1 aromatic rings. The fraction of sp³-hybridized carbons (Fsp3) is 0.471. The summed E-state index contributed by atoms with van der Waals surface area (Å²) in [5.74, 6) is -0.566. The predicted octanol–water partition coefficient (Wildman–Crippen LogP) is 2.57. The standard InChI is InChI=1S/C17H20N2O4/c1-4-12-13(11-8-6-5-7-9-11)18-23-14(12)15(20)19-10-17(2,3)22-16(19)21/h5-9,12,14H,4,10H2,1-3H3/t12-,14-/m0/s1. The van der Waals surface area contributed by atoms with Crippen molar-refractivity contribution in [2.75, 3.05) is 6.54 Å². The fourth-order valence-corrected chi connectivity index (χ4v) is 2.99. The number of amides is 2. The Balaban J connectivity index is 1.80. The number of hydrogen-bond donors (Lipinski definition) is 0. The molecule has 1 aromatic carbocycles. The molecule has 23 heavy (non-hydrogen) atoms. The van der Waals surface area contributed by atoms with Gasteiger partial charge in [0.1, 0.15) is 5.60 Å². The van der Waals surface area contributed by atoms with E-state index in [0.29, 0.717) is 6.42 Å². The van der Waals surface area contributed by atoms with Crippen LogP contribution < -0.4 is 0 Å². The van der Waals surface area contributed by atoms with Crippen LogP contribution in [0.3, 0.4) is 0 Å². The van der Waals surface area contributed by atoms with Crippen molar-refractivity contribution in [2.24, 2.45) is 11.1 Å². The largest absolute Gasteiger partial charge is 0.441 e. The first kappa shape index (κ1) is 15.5. The molecule has 2 atom stereocenters. The highest BCUT2D eigenvalue weighted by atomic mass is 16.7. The van der Waals surface area contributed by atoms with Gasteiger partial charge in [0, 0.05) is 0 Å². The summed E-state index contributed by atoms with van der Waals surface area (Å²) in [6, 6.07) is 9.63. The van der Waals surface area contributed by atoms with Gasteiger partial charge in [-0.05, 0) is 25.8 Å². The third kappa shape index (κ3) is 2.81. The van der Waals surface area contributed by atoms with E-state index in [4.69, 9.17) is 9.57 Å².